The number of thioether (sulfide) groups is 1. The summed E-state index contributed by atoms with van der Waals surface area (Å²) in [6, 6.07) is 0. The molecule has 0 atom stereocenters. The number of aromatic amines is 1. The fraction of sp³-hybridized carbons (Fsp3) is 0.615. The number of anilines is 1. The van der Waals surface area contributed by atoms with E-state index in [0.29, 0.717) is 23.0 Å². The monoisotopic (exact) mass is 309 g/mol. The largest absolute Gasteiger partial charge is 0.355 e. The lowest BCUT2D eigenvalue weighted by molar-refractivity contribution is 0.515. The number of H-pyrrole nitrogens is 1. The van der Waals surface area contributed by atoms with Crippen molar-refractivity contribution in [1.82, 2.24) is 19.1 Å². The van der Waals surface area contributed by atoms with Crippen LogP contribution in [0.5, 0.6) is 0 Å². The average Bonchev–Trinajstić information content (AvgIpc) is 2.94. The zero-order valence-electron chi connectivity index (χ0n) is 12.2. The van der Waals surface area contributed by atoms with E-state index in [9.17, 15) is 9.59 Å². The second kappa shape index (κ2) is 5.59. The molecule has 1 fully saturated rings. The van der Waals surface area contributed by atoms with Gasteiger partial charge in [0.05, 0.1) is 0 Å². The predicted molar refractivity (Wildman–Crippen MR) is 85.1 cm³/mol. The molecule has 0 radical (unpaired) electrons. The molecular weight excluding hydrogens is 290 g/mol. The van der Waals surface area contributed by atoms with Crippen LogP contribution in [0, 0.1) is 5.92 Å². The summed E-state index contributed by atoms with van der Waals surface area (Å²) >= 11 is 2.00. The number of aryl methyl sites for hydroxylation is 1. The number of fused-ring (bicyclic) bond motifs is 1. The van der Waals surface area contributed by atoms with Crippen LogP contribution in [0.15, 0.2) is 9.59 Å². The molecule has 0 spiro atoms. The quantitative estimate of drug-likeness (QED) is 0.863. The summed E-state index contributed by atoms with van der Waals surface area (Å²) in [5.41, 5.74) is 0.0451. The summed E-state index contributed by atoms with van der Waals surface area (Å²) in [6.07, 6.45) is 2.41. The highest BCUT2D eigenvalue weighted by Gasteiger charge is 2.16. The highest BCUT2D eigenvalue weighted by atomic mass is 32.2. The summed E-state index contributed by atoms with van der Waals surface area (Å²) in [6.45, 7) is 0.842. The van der Waals surface area contributed by atoms with Crippen LogP contribution in [0.4, 0.5) is 5.95 Å². The van der Waals surface area contributed by atoms with Gasteiger partial charge in [-0.05, 0) is 30.3 Å². The average molecular weight is 309 g/mol. The fourth-order valence-corrected chi connectivity index (χ4v) is 3.81. The number of imidazole rings is 1. The van der Waals surface area contributed by atoms with Crippen LogP contribution >= 0.6 is 11.8 Å². The molecule has 114 valence electrons. The van der Waals surface area contributed by atoms with Crippen molar-refractivity contribution < 1.29 is 0 Å². The van der Waals surface area contributed by atoms with E-state index in [2.05, 4.69) is 15.3 Å². The molecule has 0 bridgehead atoms. The van der Waals surface area contributed by atoms with E-state index in [1.165, 1.54) is 36.0 Å². The van der Waals surface area contributed by atoms with Crippen LogP contribution in [0.1, 0.15) is 12.8 Å². The van der Waals surface area contributed by atoms with E-state index in [-0.39, 0.29) is 11.2 Å². The van der Waals surface area contributed by atoms with Gasteiger partial charge >= 0.3 is 5.69 Å². The molecule has 1 aliphatic heterocycles. The van der Waals surface area contributed by atoms with E-state index < -0.39 is 0 Å². The Morgan fingerprint density at radius 1 is 1.29 bits per heavy atom. The lowest BCUT2D eigenvalue weighted by Crippen LogP contribution is -2.36. The number of rotatable bonds is 3. The Labute approximate surface area is 125 Å². The van der Waals surface area contributed by atoms with Crippen LogP contribution in [0.25, 0.3) is 11.2 Å². The van der Waals surface area contributed by atoms with Crippen LogP contribution in [-0.2, 0) is 14.1 Å². The highest BCUT2D eigenvalue weighted by Crippen LogP contribution is 2.22. The van der Waals surface area contributed by atoms with Gasteiger partial charge in [-0.15, -0.1) is 0 Å². The highest BCUT2D eigenvalue weighted by molar-refractivity contribution is 7.99. The third kappa shape index (κ3) is 2.59. The van der Waals surface area contributed by atoms with Crippen molar-refractivity contribution in [3.05, 3.63) is 20.8 Å². The fourth-order valence-electron chi connectivity index (χ4n) is 2.60. The third-order valence-corrected chi connectivity index (χ3v) is 5.04. The number of nitrogens with one attached hydrogen (secondary N) is 2. The topological polar surface area (TPSA) is 84.7 Å². The van der Waals surface area contributed by atoms with E-state index in [4.69, 9.17) is 0 Å². The molecule has 8 heteroatoms. The molecule has 2 aromatic heterocycles. The SMILES string of the molecule is Cn1c(=O)c2[nH]c(NCC3CCSCC3)nc2n(C)c1=O. The number of nitrogens with zero attached hydrogens (tertiary/aromatic N) is 3. The van der Waals surface area contributed by atoms with Gasteiger partial charge < -0.3 is 10.3 Å². The van der Waals surface area contributed by atoms with Gasteiger partial charge in [0.25, 0.3) is 5.56 Å². The van der Waals surface area contributed by atoms with Crippen molar-refractivity contribution in [1.29, 1.82) is 0 Å². The van der Waals surface area contributed by atoms with E-state index in [1.807, 2.05) is 11.8 Å². The third-order valence-electron chi connectivity index (χ3n) is 3.99. The molecule has 0 unspecified atom stereocenters. The smallest absolute Gasteiger partial charge is 0.332 e. The maximum absolute atomic E-state index is 12.1. The first-order valence-corrected chi connectivity index (χ1v) is 8.20. The first-order chi connectivity index (χ1) is 10.1. The van der Waals surface area contributed by atoms with Gasteiger partial charge in [0.1, 0.15) is 0 Å². The van der Waals surface area contributed by atoms with Crippen LogP contribution in [-0.4, -0.2) is 37.2 Å². The summed E-state index contributed by atoms with van der Waals surface area (Å²) in [7, 11) is 3.09. The Balaban J connectivity index is 1.87. The molecule has 0 amide bonds. The zero-order chi connectivity index (χ0) is 15.0. The van der Waals surface area contributed by atoms with Gasteiger partial charge in [-0.2, -0.15) is 16.7 Å². The lowest BCUT2D eigenvalue weighted by atomic mass is 10.0. The maximum Gasteiger partial charge on any atom is 0.332 e. The van der Waals surface area contributed by atoms with Gasteiger partial charge in [-0.3, -0.25) is 13.9 Å². The predicted octanol–water partition coefficient (Wildman–Crippen LogP) is 0.515. The van der Waals surface area contributed by atoms with Gasteiger partial charge in [-0.1, -0.05) is 0 Å². The molecule has 21 heavy (non-hydrogen) atoms. The minimum Gasteiger partial charge on any atom is -0.355 e. The van der Waals surface area contributed by atoms with Crippen LogP contribution in [0.3, 0.4) is 0 Å². The molecule has 1 aliphatic rings. The molecule has 1 saturated heterocycles. The Hall–Kier alpha value is -1.70. The number of hydrogen-bond acceptors (Lipinski definition) is 5. The van der Waals surface area contributed by atoms with Crippen molar-refractivity contribution >= 4 is 28.9 Å². The van der Waals surface area contributed by atoms with Gasteiger partial charge in [0.15, 0.2) is 11.2 Å². The molecule has 2 aromatic rings. The summed E-state index contributed by atoms with van der Waals surface area (Å²) < 4.78 is 2.47. The molecule has 3 rings (SSSR count). The van der Waals surface area contributed by atoms with E-state index in [0.717, 1.165) is 11.1 Å². The van der Waals surface area contributed by atoms with Crippen molar-refractivity contribution in [3.8, 4) is 0 Å². The first-order valence-electron chi connectivity index (χ1n) is 7.05. The molecule has 0 aliphatic carbocycles. The molecule has 3 heterocycles. The molecular formula is C13H19N5O2S. The van der Waals surface area contributed by atoms with Gasteiger partial charge in [-0.25, -0.2) is 4.79 Å². The summed E-state index contributed by atoms with van der Waals surface area (Å²) in [5, 5.41) is 3.26. The lowest BCUT2D eigenvalue weighted by Gasteiger charge is -2.21. The Kier molecular flexibility index (Phi) is 3.79. The van der Waals surface area contributed by atoms with Crippen LogP contribution < -0.4 is 16.6 Å². The Morgan fingerprint density at radius 2 is 2.00 bits per heavy atom. The maximum atomic E-state index is 12.1. The van der Waals surface area contributed by atoms with Crippen molar-refractivity contribution in [2.45, 2.75) is 12.8 Å². The normalized spacial score (nSPS) is 16.5. The molecule has 7 nitrogen and oxygen atoms in total. The van der Waals surface area contributed by atoms with Gasteiger partial charge in [0.2, 0.25) is 5.95 Å². The Bertz CT molecular complexity index is 769. The number of aromatic nitrogens is 4. The van der Waals surface area contributed by atoms with Crippen molar-refractivity contribution in [2.24, 2.45) is 20.0 Å². The van der Waals surface area contributed by atoms with Crippen molar-refractivity contribution in [3.63, 3.8) is 0 Å². The molecule has 0 saturated carbocycles. The second-order valence-electron chi connectivity index (χ2n) is 5.43. The second-order valence-corrected chi connectivity index (χ2v) is 6.65. The van der Waals surface area contributed by atoms with E-state index in [1.54, 1.807) is 7.05 Å². The zero-order valence-corrected chi connectivity index (χ0v) is 13.0. The molecule has 2 N–H and O–H groups in total. The Morgan fingerprint density at radius 3 is 2.71 bits per heavy atom. The summed E-state index contributed by atoms with van der Waals surface area (Å²) in [5.74, 6) is 3.62. The van der Waals surface area contributed by atoms with E-state index >= 15 is 0 Å². The van der Waals surface area contributed by atoms with Crippen LogP contribution in [0.2, 0.25) is 0 Å². The minimum atomic E-state index is -0.366. The summed E-state index contributed by atoms with van der Waals surface area (Å²) in [4.78, 5) is 31.3. The standard InChI is InChI=1S/C13H19N5O2S/c1-17-10-9(11(19)18(2)13(17)20)15-12(16-10)14-7-8-3-5-21-6-4-8/h8H,3-7H2,1-2H3,(H2,14,15,16). The van der Waals surface area contributed by atoms with Gasteiger partial charge in [0, 0.05) is 20.6 Å². The molecule has 0 aromatic carbocycles. The first kappa shape index (κ1) is 14.2. The minimum absolute atomic E-state index is 0.345. The number of hydrogen-bond donors (Lipinski definition) is 2. The van der Waals surface area contributed by atoms with Crippen molar-refractivity contribution in [2.75, 3.05) is 23.4 Å².